The van der Waals surface area contributed by atoms with Gasteiger partial charge in [-0.2, -0.15) is 0 Å². The predicted molar refractivity (Wildman–Crippen MR) is 78.5 cm³/mol. The van der Waals surface area contributed by atoms with E-state index in [1.54, 1.807) is 0 Å². The number of aromatic nitrogens is 1. The summed E-state index contributed by atoms with van der Waals surface area (Å²) in [7, 11) is 0. The third kappa shape index (κ3) is 4.23. The average molecular weight is 261 g/mol. The van der Waals surface area contributed by atoms with Gasteiger partial charge in [0.1, 0.15) is 5.82 Å². The van der Waals surface area contributed by atoms with Gasteiger partial charge in [-0.05, 0) is 31.4 Å². The molecule has 2 heterocycles. The molecule has 0 radical (unpaired) electrons. The number of carbonyl (C=O) groups excluding carboxylic acids is 1. The van der Waals surface area contributed by atoms with E-state index in [4.69, 9.17) is 0 Å². The van der Waals surface area contributed by atoms with E-state index >= 15 is 0 Å². The number of nitrogens with zero attached hydrogens (tertiary/aromatic N) is 2. The molecular formula is C15H23N3O. The topological polar surface area (TPSA) is 45.2 Å². The molecule has 0 aliphatic carbocycles. The van der Waals surface area contributed by atoms with Crippen molar-refractivity contribution in [2.45, 2.75) is 45.4 Å². The monoisotopic (exact) mass is 261 g/mol. The number of amides is 1. The first-order valence-corrected chi connectivity index (χ1v) is 7.30. The third-order valence-corrected chi connectivity index (χ3v) is 3.46. The number of hydrogen-bond acceptors (Lipinski definition) is 3. The lowest BCUT2D eigenvalue weighted by Gasteiger charge is -2.22. The summed E-state index contributed by atoms with van der Waals surface area (Å²) in [6.07, 6.45) is 8.45. The minimum absolute atomic E-state index is 0.0394. The Hall–Kier alpha value is -1.58. The lowest BCUT2D eigenvalue weighted by Crippen LogP contribution is -2.24. The SMILES string of the molecule is CCCC(=O)Nc1ccc(N2CCCCCC2)cn1. The van der Waals surface area contributed by atoms with E-state index < -0.39 is 0 Å². The summed E-state index contributed by atoms with van der Waals surface area (Å²) < 4.78 is 0. The van der Waals surface area contributed by atoms with Crippen LogP contribution in [-0.4, -0.2) is 24.0 Å². The molecule has 1 N–H and O–H groups in total. The molecule has 0 unspecified atom stereocenters. The lowest BCUT2D eigenvalue weighted by atomic mass is 10.2. The van der Waals surface area contributed by atoms with Crippen LogP contribution in [0.2, 0.25) is 0 Å². The summed E-state index contributed by atoms with van der Waals surface area (Å²) in [4.78, 5) is 18.2. The molecule has 0 saturated carbocycles. The minimum Gasteiger partial charge on any atom is -0.370 e. The van der Waals surface area contributed by atoms with Crippen molar-refractivity contribution < 1.29 is 4.79 Å². The number of hydrogen-bond donors (Lipinski definition) is 1. The largest absolute Gasteiger partial charge is 0.370 e. The molecule has 1 aromatic rings. The lowest BCUT2D eigenvalue weighted by molar-refractivity contribution is -0.116. The first-order chi connectivity index (χ1) is 9.29. The molecule has 1 aliphatic heterocycles. The van der Waals surface area contributed by atoms with Gasteiger partial charge in [-0.1, -0.05) is 19.8 Å². The molecule has 0 atom stereocenters. The van der Waals surface area contributed by atoms with Crippen molar-refractivity contribution in [3.05, 3.63) is 18.3 Å². The van der Waals surface area contributed by atoms with Gasteiger partial charge in [-0.15, -0.1) is 0 Å². The highest BCUT2D eigenvalue weighted by Crippen LogP contribution is 2.19. The summed E-state index contributed by atoms with van der Waals surface area (Å²) in [5.74, 6) is 0.689. The molecule has 1 aliphatic rings. The van der Waals surface area contributed by atoms with Crippen LogP contribution in [0, 0.1) is 0 Å². The standard InChI is InChI=1S/C15H23N3O/c1-2-7-15(19)17-14-9-8-13(12-16-14)18-10-5-3-4-6-11-18/h8-9,12H,2-7,10-11H2,1H3,(H,16,17,19). The van der Waals surface area contributed by atoms with Crippen LogP contribution in [-0.2, 0) is 4.79 Å². The molecule has 1 amide bonds. The molecular weight excluding hydrogens is 238 g/mol. The van der Waals surface area contributed by atoms with E-state index in [9.17, 15) is 4.79 Å². The molecule has 1 fully saturated rings. The number of nitrogens with one attached hydrogen (secondary N) is 1. The number of anilines is 2. The molecule has 4 heteroatoms. The van der Waals surface area contributed by atoms with Gasteiger partial charge in [0.2, 0.25) is 5.91 Å². The Kier molecular flexibility index (Phi) is 5.19. The Morgan fingerprint density at radius 2 is 2.00 bits per heavy atom. The van der Waals surface area contributed by atoms with Gasteiger partial charge < -0.3 is 10.2 Å². The molecule has 0 bridgehead atoms. The zero-order chi connectivity index (χ0) is 13.5. The fraction of sp³-hybridized carbons (Fsp3) is 0.600. The summed E-state index contributed by atoms with van der Waals surface area (Å²) in [6.45, 7) is 4.22. The second kappa shape index (κ2) is 7.12. The third-order valence-electron chi connectivity index (χ3n) is 3.46. The number of rotatable bonds is 4. The van der Waals surface area contributed by atoms with Crippen LogP contribution in [0.1, 0.15) is 45.4 Å². The van der Waals surface area contributed by atoms with Gasteiger partial charge in [0.15, 0.2) is 0 Å². The van der Waals surface area contributed by atoms with Gasteiger partial charge in [-0.25, -0.2) is 4.98 Å². The van der Waals surface area contributed by atoms with Crippen molar-refractivity contribution >= 4 is 17.4 Å². The maximum atomic E-state index is 11.5. The van der Waals surface area contributed by atoms with Crippen molar-refractivity contribution in [3.63, 3.8) is 0 Å². The zero-order valence-corrected chi connectivity index (χ0v) is 11.7. The first-order valence-electron chi connectivity index (χ1n) is 7.30. The Labute approximate surface area is 115 Å². The second-order valence-electron chi connectivity index (χ2n) is 5.10. The Balaban J connectivity index is 1.95. The van der Waals surface area contributed by atoms with Crippen LogP contribution in [0.25, 0.3) is 0 Å². The fourth-order valence-corrected chi connectivity index (χ4v) is 2.41. The fourth-order valence-electron chi connectivity index (χ4n) is 2.41. The molecule has 2 rings (SSSR count). The van der Waals surface area contributed by atoms with Gasteiger partial charge in [0.05, 0.1) is 11.9 Å². The van der Waals surface area contributed by atoms with E-state index in [2.05, 4.69) is 21.3 Å². The van der Waals surface area contributed by atoms with Crippen LogP contribution in [0.5, 0.6) is 0 Å². The van der Waals surface area contributed by atoms with Gasteiger partial charge in [0, 0.05) is 19.5 Å². The summed E-state index contributed by atoms with van der Waals surface area (Å²) >= 11 is 0. The second-order valence-corrected chi connectivity index (χ2v) is 5.10. The Morgan fingerprint density at radius 3 is 2.58 bits per heavy atom. The van der Waals surface area contributed by atoms with E-state index in [0.717, 1.165) is 25.2 Å². The van der Waals surface area contributed by atoms with Crippen molar-refractivity contribution in [1.82, 2.24) is 4.98 Å². The average Bonchev–Trinajstić information content (AvgIpc) is 2.69. The summed E-state index contributed by atoms with van der Waals surface area (Å²) in [5.41, 5.74) is 1.16. The normalized spacial score (nSPS) is 15.9. The maximum absolute atomic E-state index is 11.5. The number of carbonyl (C=O) groups is 1. The van der Waals surface area contributed by atoms with Crippen LogP contribution in [0.3, 0.4) is 0 Å². The maximum Gasteiger partial charge on any atom is 0.225 e. The summed E-state index contributed by atoms with van der Waals surface area (Å²) in [6, 6.07) is 3.95. The van der Waals surface area contributed by atoms with Crippen LogP contribution >= 0.6 is 0 Å². The minimum atomic E-state index is 0.0394. The van der Waals surface area contributed by atoms with Crippen LogP contribution in [0.4, 0.5) is 11.5 Å². The van der Waals surface area contributed by atoms with Gasteiger partial charge in [-0.3, -0.25) is 4.79 Å². The molecule has 0 spiro atoms. The molecule has 1 aromatic heterocycles. The zero-order valence-electron chi connectivity index (χ0n) is 11.7. The molecule has 0 aromatic carbocycles. The van der Waals surface area contributed by atoms with Crippen molar-refractivity contribution in [3.8, 4) is 0 Å². The van der Waals surface area contributed by atoms with Gasteiger partial charge in [0.25, 0.3) is 0 Å². The highest BCUT2D eigenvalue weighted by molar-refractivity contribution is 5.89. The van der Waals surface area contributed by atoms with E-state index in [1.807, 2.05) is 19.2 Å². The Morgan fingerprint density at radius 1 is 1.26 bits per heavy atom. The van der Waals surface area contributed by atoms with Crippen LogP contribution < -0.4 is 10.2 Å². The predicted octanol–water partition coefficient (Wildman–Crippen LogP) is 3.20. The molecule has 19 heavy (non-hydrogen) atoms. The quantitative estimate of drug-likeness (QED) is 0.905. The number of pyridine rings is 1. The van der Waals surface area contributed by atoms with Crippen molar-refractivity contribution in [1.29, 1.82) is 0 Å². The van der Waals surface area contributed by atoms with Crippen molar-refractivity contribution in [2.75, 3.05) is 23.3 Å². The molecule has 4 nitrogen and oxygen atoms in total. The Bertz CT molecular complexity index is 394. The highest BCUT2D eigenvalue weighted by atomic mass is 16.1. The van der Waals surface area contributed by atoms with E-state index in [1.165, 1.54) is 25.7 Å². The first kappa shape index (κ1) is 13.8. The smallest absolute Gasteiger partial charge is 0.225 e. The van der Waals surface area contributed by atoms with Gasteiger partial charge >= 0.3 is 0 Å². The summed E-state index contributed by atoms with van der Waals surface area (Å²) in [5, 5.41) is 2.82. The van der Waals surface area contributed by atoms with Crippen molar-refractivity contribution in [2.24, 2.45) is 0 Å². The molecule has 104 valence electrons. The van der Waals surface area contributed by atoms with E-state index in [0.29, 0.717) is 12.2 Å². The van der Waals surface area contributed by atoms with Crippen LogP contribution in [0.15, 0.2) is 18.3 Å². The van der Waals surface area contributed by atoms with E-state index in [-0.39, 0.29) is 5.91 Å². The highest BCUT2D eigenvalue weighted by Gasteiger charge is 2.10. The molecule has 1 saturated heterocycles.